The number of fused-ring (bicyclic) bond motifs is 1. The van der Waals surface area contributed by atoms with E-state index in [4.69, 9.17) is 0 Å². The maximum atomic E-state index is 12.4. The monoisotopic (exact) mass is 409 g/mol. The molecule has 3 rings (SSSR count). The molecule has 0 bridgehead atoms. The number of hydrogen-bond donors (Lipinski definition) is 2. The minimum absolute atomic E-state index is 0.0347. The molecule has 2 aromatic heterocycles. The number of pyridine rings is 1. The molecule has 8 heteroatoms. The van der Waals surface area contributed by atoms with E-state index < -0.39 is 0 Å². The molecule has 0 unspecified atom stereocenters. The zero-order valence-corrected chi connectivity index (χ0v) is 17.8. The molecule has 30 heavy (non-hydrogen) atoms. The van der Waals surface area contributed by atoms with Crippen LogP contribution in [0.25, 0.3) is 11.2 Å². The number of rotatable bonds is 7. The maximum Gasteiger partial charge on any atom is 0.330 e. The molecule has 158 valence electrons. The van der Waals surface area contributed by atoms with Gasteiger partial charge in [0.25, 0.3) is 0 Å². The summed E-state index contributed by atoms with van der Waals surface area (Å²) in [6.45, 7) is 8.81. The van der Waals surface area contributed by atoms with Crippen LogP contribution in [0.4, 0.5) is 11.5 Å². The molecule has 2 heterocycles. The number of nitrogens with one attached hydrogen (secondary N) is 2. The topological polar surface area (TPSA) is 98.0 Å². The highest BCUT2D eigenvalue weighted by atomic mass is 16.2. The molecule has 2 amide bonds. The number of hydrogen-bond acceptors (Lipinski definition) is 4. The second-order valence-corrected chi connectivity index (χ2v) is 7.21. The number of anilines is 2. The summed E-state index contributed by atoms with van der Waals surface area (Å²) in [5.41, 5.74) is 4.11. The summed E-state index contributed by atoms with van der Waals surface area (Å²) in [5, 5.41) is 5.52. The van der Waals surface area contributed by atoms with E-state index in [1.807, 2.05) is 45.9 Å². The first-order valence-electron chi connectivity index (χ1n) is 10.1. The number of carbonyl (C=O) groups is 2. The van der Waals surface area contributed by atoms with Crippen molar-refractivity contribution >= 4 is 34.5 Å². The fraction of sp³-hybridized carbons (Fsp3) is 0.364. The van der Waals surface area contributed by atoms with Crippen LogP contribution in [0.15, 0.2) is 35.1 Å². The summed E-state index contributed by atoms with van der Waals surface area (Å²) in [7, 11) is 0. The van der Waals surface area contributed by atoms with Gasteiger partial charge in [0.05, 0.1) is 5.52 Å². The van der Waals surface area contributed by atoms with Crippen LogP contribution in [-0.2, 0) is 22.7 Å². The van der Waals surface area contributed by atoms with E-state index >= 15 is 0 Å². The summed E-state index contributed by atoms with van der Waals surface area (Å²) in [5.74, 6) is -0.174. The van der Waals surface area contributed by atoms with Gasteiger partial charge in [0, 0.05) is 31.6 Å². The molecule has 0 fully saturated rings. The van der Waals surface area contributed by atoms with E-state index in [-0.39, 0.29) is 30.3 Å². The molecule has 0 radical (unpaired) electrons. The molecule has 2 N–H and O–H groups in total. The number of aromatic nitrogens is 3. The fourth-order valence-electron chi connectivity index (χ4n) is 3.33. The highest BCUT2D eigenvalue weighted by molar-refractivity contribution is 5.96. The summed E-state index contributed by atoms with van der Waals surface area (Å²) in [6, 6.07) is 9.14. The Hall–Kier alpha value is -3.42. The van der Waals surface area contributed by atoms with E-state index in [2.05, 4.69) is 15.6 Å². The maximum absolute atomic E-state index is 12.4. The largest absolute Gasteiger partial charge is 0.330 e. The zero-order chi connectivity index (χ0) is 21.8. The van der Waals surface area contributed by atoms with Gasteiger partial charge in [0.1, 0.15) is 5.82 Å². The van der Waals surface area contributed by atoms with Crippen molar-refractivity contribution in [2.24, 2.45) is 0 Å². The molecule has 1 aromatic carbocycles. The molecule has 0 spiro atoms. The van der Waals surface area contributed by atoms with Gasteiger partial charge in [-0.3, -0.25) is 18.7 Å². The van der Waals surface area contributed by atoms with Crippen molar-refractivity contribution in [3.63, 3.8) is 0 Å². The van der Waals surface area contributed by atoms with Crippen LogP contribution < -0.4 is 16.3 Å². The molecule has 0 aliphatic heterocycles. The van der Waals surface area contributed by atoms with Crippen LogP contribution in [0, 0.1) is 13.8 Å². The number of carbonyl (C=O) groups excluding carboxylic acids is 2. The standard InChI is InChI=1S/C22H27N5O3/c1-5-26-17-9-10-18(25-21(17)27(6-2)22(26)30)24-20(29)12-11-19(28)23-16-8-7-14(3)15(4)13-16/h7-10,13H,5-6,11-12H2,1-4H3,(H,23,28)(H,24,25,29). The Kier molecular flexibility index (Phi) is 6.34. The molecule has 0 aliphatic carbocycles. The second kappa shape index (κ2) is 8.94. The Balaban J connectivity index is 1.63. The smallest absolute Gasteiger partial charge is 0.326 e. The van der Waals surface area contributed by atoms with Crippen molar-refractivity contribution in [1.82, 2.24) is 14.1 Å². The predicted molar refractivity (Wildman–Crippen MR) is 118 cm³/mol. The lowest BCUT2D eigenvalue weighted by Gasteiger charge is -2.08. The van der Waals surface area contributed by atoms with Crippen LogP contribution in [-0.4, -0.2) is 25.9 Å². The van der Waals surface area contributed by atoms with Crippen LogP contribution in [0.1, 0.15) is 37.8 Å². The minimum atomic E-state index is -0.308. The van der Waals surface area contributed by atoms with E-state index in [9.17, 15) is 14.4 Å². The van der Waals surface area contributed by atoms with Crippen LogP contribution in [0.3, 0.4) is 0 Å². The summed E-state index contributed by atoms with van der Waals surface area (Å²) >= 11 is 0. The van der Waals surface area contributed by atoms with Gasteiger partial charge in [0.2, 0.25) is 11.8 Å². The Bertz CT molecular complexity index is 1160. The first-order chi connectivity index (χ1) is 14.3. The van der Waals surface area contributed by atoms with Crippen LogP contribution in [0.5, 0.6) is 0 Å². The second-order valence-electron chi connectivity index (χ2n) is 7.21. The molecule has 0 saturated carbocycles. The highest BCUT2D eigenvalue weighted by Gasteiger charge is 2.14. The third kappa shape index (κ3) is 4.42. The molecule has 8 nitrogen and oxygen atoms in total. The van der Waals surface area contributed by atoms with Crippen LogP contribution in [0.2, 0.25) is 0 Å². The van der Waals surface area contributed by atoms with E-state index in [1.54, 1.807) is 21.3 Å². The van der Waals surface area contributed by atoms with Gasteiger partial charge in [-0.2, -0.15) is 0 Å². The van der Waals surface area contributed by atoms with Gasteiger partial charge in [0.15, 0.2) is 5.65 Å². The zero-order valence-electron chi connectivity index (χ0n) is 17.8. The van der Waals surface area contributed by atoms with Gasteiger partial charge in [-0.25, -0.2) is 9.78 Å². The van der Waals surface area contributed by atoms with Crippen molar-refractivity contribution < 1.29 is 9.59 Å². The lowest BCUT2D eigenvalue weighted by Crippen LogP contribution is -2.23. The van der Waals surface area contributed by atoms with Crippen molar-refractivity contribution in [2.75, 3.05) is 10.6 Å². The third-order valence-electron chi connectivity index (χ3n) is 5.13. The average molecular weight is 409 g/mol. The van der Waals surface area contributed by atoms with Crippen LogP contribution >= 0.6 is 0 Å². The quantitative estimate of drug-likeness (QED) is 0.626. The molecule has 0 saturated heterocycles. The molecular formula is C22H27N5O3. The predicted octanol–water partition coefficient (Wildman–Crippen LogP) is 3.21. The van der Waals surface area contributed by atoms with Gasteiger partial charge < -0.3 is 10.6 Å². The van der Waals surface area contributed by atoms with Crippen molar-refractivity contribution in [2.45, 2.75) is 53.6 Å². The molecular weight excluding hydrogens is 382 g/mol. The van der Waals surface area contributed by atoms with Gasteiger partial charge >= 0.3 is 5.69 Å². The molecule has 0 atom stereocenters. The van der Waals surface area contributed by atoms with E-state index in [1.165, 1.54) is 0 Å². The number of amides is 2. The summed E-state index contributed by atoms with van der Waals surface area (Å²) in [4.78, 5) is 41.3. The lowest BCUT2D eigenvalue weighted by atomic mass is 10.1. The van der Waals surface area contributed by atoms with Gasteiger partial charge in [-0.05, 0) is 63.1 Å². The van der Waals surface area contributed by atoms with Crippen molar-refractivity contribution in [1.29, 1.82) is 0 Å². The van der Waals surface area contributed by atoms with E-state index in [0.29, 0.717) is 30.2 Å². The Labute approximate surface area is 174 Å². The van der Waals surface area contributed by atoms with Gasteiger partial charge in [-0.15, -0.1) is 0 Å². The van der Waals surface area contributed by atoms with E-state index in [0.717, 1.165) is 16.6 Å². The SMILES string of the molecule is CCn1c(=O)n(CC)c2nc(NC(=O)CCC(=O)Nc3ccc(C)c(C)c3)ccc21. The molecule has 0 aliphatic rings. The Morgan fingerprint density at radius 1 is 0.900 bits per heavy atom. The summed E-state index contributed by atoms with van der Waals surface area (Å²) < 4.78 is 3.22. The Morgan fingerprint density at radius 2 is 1.57 bits per heavy atom. The normalized spacial score (nSPS) is 10.9. The fourth-order valence-corrected chi connectivity index (χ4v) is 3.33. The number of benzene rings is 1. The molecule has 3 aromatic rings. The number of imidazole rings is 1. The van der Waals surface area contributed by atoms with Crippen molar-refractivity contribution in [3.8, 4) is 0 Å². The average Bonchev–Trinajstić information content (AvgIpc) is 2.99. The summed E-state index contributed by atoms with van der Waals surface area (Å²) in [6.07, 6.45) is 0.0971. The highest BCUT2D eigenvalue weighted by Crippen LogP contribution is 2.16. The lowest BCUT2D eigenvalue weighted by molar-refractivity contribution is -0.121. The first-order valence-corrected chi connectivity index (χ1v) is 10.1. The third-order valence-corrected chi connectivity index (χ3v) is 5.13. The minimum Gasteiger partial charge on any atom is -0.326 e. The first kappa shape index (κ1) is 21.3. The van der Waals surface area contributed by atoms with Gasteiger partial charge in [-0.1, -0.05) is 6.07 Å². The van der Waals surface area contributed by atoms with Crippen molar-refractivity contribution in [3.05, 3.63) is 51.9 Å². The number of aryl methyl sites for hydroxylation is 4. The Morgan fingerprint density at radius 3 is 2.20 bits per heavy atom. The number of nitrogens with zero attached hydrogens (tertiary/aromatic N) is 3.